The standard InChI is InChI=1S/C5H2F6O2.C5H9OP.Eu/c6-4(7,8)2(12)1-3(13)5(9,10)11;6-7-5-3-1-2-4-5;/h1,12H;5H,1-4H2;/b2-1-;;. The van der Waals surface area contributed by atoms with E-state index in [1.807, 2.05) is 0 Å². The summed E-state index contributed by atoms with van der Waals surface area (Å²) in [6.45, 7) is 0. The average Bonchev–Trinajstić information content (AvgIpc) is 2.79. The van der Waals surface area contributed by atoms with E-state index in [0.29, 0.717) is 14.1 Å². The number of aliphatic hydroxyl groups excluding tert-OH is 1. The Hall–Kier alpha value is 0.474. The van der Waals surface area contributed by atoms with Crippen LogP contribution in [0.4, 0.5) is 26.3 Å². The summed E-state index contributed by atoms with van der Waals surface area (Å²) >= 11 is 0. The normalized spacial score (nSPS) is 17.0. The van der Waals surface area contributed by atoms with Crippen LogP contribution < -0.4 is 0 Å². The van der Waals surface area contributed by atoms with E-state index in [0.717, 1.165) is 0 Å². The maximum atomic E-state index is 11.4. The Morgan fingerprint density at radius 1 is 1.05 bits per heavy atom. The summed E-state index contributed by atoms with van der Waals surface area (Å²) < 4.78 is 78.2. The van der Waals surface area contributed by atoms with Crippen molar-refractivity contribution < 1.29 is 90.2 Å². The predicted octanol–water partition coefficient (Wildman–Crippen LogP) is 4.34. The van der Waals surface area contributed by atoms with Gasteiger partial charge in [-0.05, 0) is 12.8 Å². The van der Waals surface area contributed by atoms with Gasteiger partial charge in [0.1, 0.15) is 0 Å². The Labute approximate surface area is 158 Å². The topological polar surface area (TPSA) is 54.4 Å². The number of ketones is 1. The van der Waals surface area contributed by atoms with Gasteiger partial charge in [-0.15, -0.1) is 0 Å². The van der Waals surface area contributed by atoms with Crippen LogP contribution in [0.3, 0.4) is 0 Å². The van der Waals surface area contributed by atoms with Crippen LogP contribution >= 0.6 is 8.46 Å². The SMILES string of the molecule is O=C(/C=C(\O)C(F)(F)F)C(F)(F)F.O=PC1CCCC1.[Eu]. The van der Waals surface area contributed by atoms with Crippen LogP contribution in [-0.4, -0.2) is 28.9 Å². The van der Waals surface area contributed by atoms with Gasteiger partial charge >= 0.3 is 12.4 Å². The first-order valence-electron chi connectivity index (χ1n) is 5.40. The van der Waals surface area contributed by atoms with Crippen molar-refractivity contribution in [3.63, 3.8) is 0 Å². The molecule has 3 nitrogen and oxygen atoms in total. The molecule has 0 aromatic heterocycles. The van der Waals surface area contributed by atoms with E-state index >= 15 is 0 Å². The zero-order valence-electron chi connectivity index (χ0n) is 10.3. The van der Waals surface area contributed by atoms with Gasteiger partial charge in [-0.1, -0.05) is 12.8 Å². The number of hydrogen-bond acceptors (Lipinski definition) is 3. The first kappa shape index (κ1) is 23.7. The number of hydrogen-bond donors (Lipinski definition) is 1. The summed E-state index contributed by atoms with van der Waals surface area (Å²) in [4.78, 5) is 9.86. The van der Waals surface area contributed by atoms with E-state index in [-0.39, 0.29) is 49.4 Å². The first-order chi connectivity index (χ1) is 8.98. The summed E-state index contributed by atoms with van der Waals surface area (Å²) in [5.74, 6) is -5.34. The van der Waals surface area contributed by atoms with Gasteiger partial charge in [0.25, 0.3) is 5.78 Å². The minimum absolute atomic E-state index is 0. The number of carbonyl (C=O) groups excluding carboxylic acids is 1. The van der Waals surface area contributed by atoms with Crippen molar-refractivity contribution in [1.82, 2.24) is 0 Å². The smallest absolute Gasteiger partial charge is 0.454 e. The second-order valence-corrected chi connectivity index (χ2v) is 4.87. The molecule has 1 radical (unpaired) electrons. The van der Waals surface area contributed by atoms with Gasteiger partial charge in [0.15, 0.2) is 8.46 Å². The Morgan fingerprint density at radius 3 is 1.71 bits per heavy atom. The molecule has 0 saturated heterocycles. The number of rotatable bonds is 2. The van der Waals surface area contributed by atoms with Gasteiger partial charge in [-0.2, -0.15) is 26.3 Å². The fourth-order valence-electron chi connectivity index (χ4n) is 1.30. The van der Waals surface area contributed by atoms with Crippen molar-refractivity contribution in [2.45, 2.75) is 43.7 Å². The molecule has 0 bridgehead atoms. The van der Waals surface area contributed by atoms with Gasteiger partial charge in [-0.25, -0.2) is 0 Å². The number of alkyl halides is 6. The fraction of sp³-hybridized carbons (Fsp3) is 0.700. The third-order valence-corrected chi connectivity index (χ3v) is 3.13. The molecule has 0 unspecified atom stereocenters. The van der Waals surface area contributed by atoms with Gasteiger partial charge in [0.05, 0.1) is 0 Å². The Morgan fingerprint density at radius 2 is 1.48 bits per heavy atom. The van der Waals surface area contributed by atoms with Crippen LogP contribution in [0.5, 0.6) is 0 Å². The molecule has 0 aromatic carbocycles. The monoisotopic (exact) mass is 477 g/mol. The van der Waals surface area contributed by atoms with Crippen LogP contribution in [0.25, 0.3) is 0 Å². The van der Waals surface area contributed by atoms with Crippen molar-refractivity contribution in [3.8, 4) is 0 Å². The van der Waals surface area contributed by atoms with Crippen LogP contribution in [0.2, 0.25) is 0 Å². The number of halogens is 6. The third-order valence-electron chi connectivity index (χ3n) is 2.31. The van der Waals surface area contributed by atoms with Gasteiger partial charge in [-0.3, -0.25) is 9.36 Å². The summed E-state index contributed by atoms with van der Waals surface area (Å²) in [6.07, 6.45) is -6.73. The largest absolute Gasteiger partial charge is 0.504 e. The molecule has 123 valence electrons. The zero-order valence-corrected chi connectivity index (χ0v) is 13.7. The molecule has 21 heavy (non-hydrogen) atoms. The fourth-order valence-corrected chi connectivity index (χ4v) is 1.87. The number of allylic oxidation sites excluding steroid dienone is 2. The molecule has 0 aromatic rings. The van der Waals surface area contributed by atoms with E-state index in [1.54, 1.807) is 0 Å². The summed E-state index contributed by atoms with van der Waals surface area (Å²) in [5, 5.41) is 7.93. The first-order valence-corrected chi connectivity index (χ1v) is 6.28. The van der Waals surface area contributed by atoms with Crippen LogP contribution in [0.15, 0.2) is 11.8 Å². The molecule has 0 aliphatic heterocycles. The van der Waals surface area contributed by atoms with E-state index in [9.17, 15) is 35.7 Å². The van der Waals surface area contributed by atoms with Crippen molar-refractivity contribution >= 4 is 14.2 Å². The van der Waals surface area contributed by atoms with Crippen LogP contribution in [-0.2, 0) is 9.36 Å². The molecule has 11 heteroatoms. The van der Waals surface area contributed by atoms with Crippen LogP contribution in [0, 0.1) is 49.4 Å². The van der Waals surface area contributed by atoms with E-state index in [2.05, 4.69) is 0 Å². The van der Waals surface area contributed by atoms with Crippen molar-refractivity contribution in [2.24, 2.45) is 0 Å². The van der Waals surface area contributed by atoms with Gasteiger partial charge < -0.3 is 5.11 Å². The molecule has 1 aliphatic rings. The second-order valence-electron chi connectivity index (χ2n) is 3.93. The maximum Gasteiger partial charge on any atom is 0.454 e. The van der Waals surface area contributed by atoms with Crippen molar-refractivity contribution in [2.75, 3.05) is 0 Å². The van der Waals surface area contributed by atoms with E-state index in [1.165, 1.54) is 25.7 Å². The number of aliphatic hydroxyl groups is 1. The Bertz CT molecular complexity index is 374. The maximum absolute atomic E-state index is 11.4. The summed E-state index contributed by atoms with van der Waals surface area (Å²) in [7, 11) is 0.372. The molecule has 1 saturated carbocycles. The molecule has 1 rings (SSSR count). The molecule has 0 atom stereocenters. The molecular weight excluding hydrogens is 465 g/mol. The molecule has 0 amide bonds. The molecule has 1 aliphatic carbocycles. The summed E-state index contributed by atoms with van der Waals surface area (Å²) in [6, 6.07) is 0. The zero-order chi connectivity index (χ0) is 16.0. The molecule has 0 heterocycles. The number of carbonyl (C=O) groups is 1. The van der Waals surface area contributed by atoms with Gasteiger partial charge in [0.2, 0.25) is 5.76 Å². The Kier molecular flexibility index (Phi) is 11.6. The van der Waals surface area contributed by atoms with Crippen molar-refractivity contribution in [3.05, 3.63) is 11.8 Å². The average molecular weight is 476 g/mol. The minimum atomic E-state index is -5.42. The van der Waals surface area contributed by atoms with E-state index in [4.69, 9.17) is 5.11 Å². The summed E-state index contributed by atoms with van der Waals surface area (Å²) in [5.41, 5.74) is 0.514. The quantitative estimate of drug-likeness (QED) is 0.279. The molecule has 1 N–H and O–H groups in total. The molecule has 1 fully saturated rings. The minimum Gasteiger partial charge on any atom is -0.504 e. The van der Waals surface area contributed by atoms with E-state index < -0.39 is 30.0 Å². The Balaban J connectivity index is 0. The van der Waals surface area contributed by atoms with Gasteiger partial charge in [0, 0.05) is 61.1 Å². The third kappa shape index (κ3) is 10.8. The second kappa shape index (κ2) is 10.3. The van der Waals surface area contributed by atoms with Crippen molar-refractivity contribution in [1.29, 1.82) is 0 Å². The molecule has 0 spiro atoms. The predicted molar refractivity (Wildman–Crippen MR) is 57.7 cm³/mol. The van der Waals surface area contributed by atoms with Crippen LogP contribution in [0.1, 0.15) is 25.7 Å². The molecular formula is C10H11EuF6O3P.